The highest BCUT2D eigenvalue weighted by molar-refractivity contribution is 5.37. The molecular formula is C16H23N3O. The summed E-state index contributed by atoms with van der Waals surface area (Å²) in [6.45, 7) is 6.98. The van der Waals surface area contributed by atoms with Crippen molar-refractivity contribution in [2.75, 3.05) is 20.2 Å². The zero-order valence-corrected chi connectivity index (χ0v) is 12.5. The number of likely N-dealkylation sites (N-methyl/N-ethyl adjacent to an activating group) is 1. The van der Waals surface area contributed by atoms with Gasteiger partial charge in [-0.3, -0.25) is 0 Å². The first-order valence-electron chi connectivity index (χ1n) is 7.07. The molecule has 4 nitrogen and oxygen atoms in total. The van der Waals surface area contributed by atoms with Crippen LogP contribution in [0, 0.1) is 6.92 Å². The Balaban J connectivity index is 2.04. The topological polar surface area (TPSA) is 39.1 Å². The van der Waals surface area contributed by atoms with Crippen LogP contribution in [0.2, 0.25) is 0 Å². The maximum Gasteiger partial charge on any atom is 0.123 e. The molecule has 0 saturated heterocycles. The number of hydrogen-bond donors (Lipinski definition) is 1. The van der Waals surface area contributed by atoms with Crippen molar-refractivity contribution in [3.8, 4) is 5.75 Å². The standard InChI is InChI=1S/C16H23N3O/c1-4-17-8-7-15-11-19(12-18-15)10-14-9-13(2)5-6-16(14)20-3/h5-6,9,11-12,17H,4,7-8,10H2,1-3H3. The van der Waals surface area contributed by atoms with E-state index in [0.29, 0.717) is 0 Å². The molecule has 0 amide bonds. The Morgan fingerprint density at radius 3 is 2.95 bits per heavy atom. The smallest absolute Gasteiger partial charge is 0.123 e. The second kappa shape index (κ2) is 7.10. The van der Waals surface area contributed by atoms with E-state index in [1.807, 2.05) is 12.4 Å². The molecule has 0 aliphatic carbocycles. The van der Waals surface area contributed by atoms with Crippen molar-refractivity contribution in [3.05, 3.63) is 47.5 Å². The molecule has 1 N–H and O–H groups in total. The van der Waals surface area contributed by atoms with Gasteiger partial charge < -0.3 is 14.6 Å². The van der Waals surface area contributed by atoms with Crippen molar-refractivity contribution in [2.24, 2.45) is 0 Å². The lowest BCUT2D eigenvalue weighted by Gasteiger charge is -2.09. The molecule has 0 unspecified atom stereocenters. The maximum absolute atomic E-state index is 5.42. The van der Waals surface area contributed by atoms with Gasteiger partial charge in [0.15, 0.2) is 0 Å². The average Bonchev–Trinajstić information content (AvgIpc) is 2.87. The zero-order valence-electron chi connectivity index (χ0n) is 12.5. The number of benzene rings is 1. The molecule has 4 heteroatoms. The van der Waals surface area contributed by atoms with Gasteiger partial charge in [-0.15, -0.1) is 0 Å². The Kier molecular flexibility index (Phi) is 5.18. The van der Waals surface area contributed by atoms with E-state index in [1.54, 1.807) is 7.11 Å². The number of aryl methyl sites for hydroxylation is 1. The Labute approximate surface area is 120 Å². The van der Waals surface area contributed by atoms with E-state index in [4.69, 9.17) is 4.74 Å². The zero-order chi connectivity index (χ0) is 14.4. The van der Waals surface area contributed by atoms with Crippen LogP contribution in [0.3, 0.4) is 0 Å². The third kappa shape index (κ3) is 3.84. The first kappa shape index (κ1) is 14.6. The van der Waals surface area contributed by atoms with Crippen LogP contribution >= 0.6 is 0 Å². The Hall–Kier alpha value is -1.81. The monoisotopic (exact) mass is 273 g/mol. The van der Waals surface area contributed by atoms with Gasteiger partial charge in [0, 0.05) is 24.7 Å². The fourth-order valence-corrected chi connectivity index (χ4v) is 2.24. The molecule has 108 valence electrons. The van der Waals surface area contributed by atoms with Crippen LogP contribution in [0.5, 0.6) is 5.75 Å². The van der Waals surface area contributed by atoms with Crippen LogP contribution in [0.4, 0.5) is 0 Å². The number of aromatic nitrogens is 2. The van der Waals surface area contributed by atoms with Crippen LogP contribution < -0.4 is 10.1 Å². The van der Waals surface area contributed by atoms with Crippen molar-refractivity contribution in [1.82, 2.24) is 14.9 Å². The van der Waals surface area contributed by atoms with E-state index in [2.05, 4.69) is 47.0 Å². The third-order valence-corrected chi connectivity index (χ3v) is 3.28. The molecule has 1 heterocycles. The van der Waals surface area contributed by atoms with Crippen molar-refractivity contribution < 1.29 is 4.74 Å². The van der Waals surface area contributed by atoms with Crippen molar-refractivity contribution in [1.29, 1.82) is 0 Å². The fourth-order valence-electron chi connectivity index (χ4n) is 2.24. The minimum atomic E-state index is 0.791. The van der Waals surface area contributed by atoms with Crippen LogP contribution in [-0.2, 0) is 13.0 Å². The molecule has 0 bridgehead atoms. The van der Waals surface area contributed by atoms with Crippen molar-refractivity contribution in [3.63, 3.8) is 0 Å². The van der Waals surface area contributed by atoms with Crippen LogP contribution in [0.1, 0.15) is 23.7 Å². The van der Waals surface area contributed by atoms with E-state index in [9.17, 15) is 0 Å². The first-order valence-corrected chi connectivity index (χ1v) is 7.07. The summed E-state index contributed by atoms with van der Waals surface area (Å²) in [4.78, 5) is 4.44. The summed E-state index contributed by atoms with van der Waals surface area (Å²) in [5.41, 5.74) is 3.55. The lowest BCUT2D eigenvalue weighted by atomic mass is 10.1. The molecule has 0 aliphatic rings. The molecule has 0 saturated carbocycles. The van der Waals surface area contributed by atoms with Gasteiger partial charge in [0.05, 0.1) is 25.7 Å². The molecule has 2 rings (SSSR count). The molecule has 0 spiro atoms. The lowest BCUT2D eigenvalue weighted by Crippen LogP contribution is -2.16. The quantitative estimate of drug-likeness (QED) is 0.787. The number of nitrogens with zero attached hydrogens (tertiary/aromatic N) is 2. The highest BCUT2D eigenvalue weighted by Gasteiger charge is 2.05. The average molecular weight is 273 g/mol. The highest BCUT2D eigenvalue weighted by atomic mass is 16.5. The first-order chi connectivity index (χ1) is 9.72. The predicted octanol–water partition coefficient (Wildman–Crippen LogP) is 2.40. The van der Waals surface area contributed by atoms with E-state index >= 15 is 0 Å². The summed E-state index contributed by atoms with van der Waals surface area (Å²) < 4.78 is 7.52. The lowest BCUT2D eigenvalue weighted by molar-refractivity contribution is 0.408. The third-order valence-electron chi connectivity index (χ3n) is 3.28. The van der Waals surface area contributed by atoms with E-state index < -0.39 is 0 Å². The van der Waals surface area contributed by atoms with Gasteiger partial charge in [-0.2, -0.15) is 0 Å². The predicted molar refractivity (Wildman–Crippen MR) is 81.3 cm³/mol. The molecule has 1 aromatic carbocycles. The Morgan fingerprint density at radius 1 is 1.35 bits per heavy atom. The fraction of sp³-hybridized carbons (Fsp3) is 0.438. The maximum atomic E-state index is 5.42. The number of imidazole rings is 1. The van der Waals surface area contributed by atoms with E-state index in [1.165, 1.54) is 11.1 Å². The normalized spacial score (nSPS) is 10.8. The largest absolute Gasteiger partial charge is 0.496 e. The Bertz CT molecular complexity index is 548. The summed E-state index contributed by atoms with van der Waals surface area (Å²) in [5, 5.41) is 3.31. The van der Waals surface area contributed by atoms with Crippen LogP contribution in [0.25, 0.3) is 0 Å². The molecule has 1 aromatic heterocycles. The molecule has 0 aliphatic heterocycles. The van der Waals surface area contributed by atoms with Crippen molar-refractivity contribution in [2.45, 2.75) is 26.8 Å². The minimum absolute atomic E-state index is 0.791. The Morgan fingerprint density at radius 2 is 2.20 bits per heavy atom. The molecule has 0 radical (unpaired) electrons. The molecule has 20 heavy (non-hydrogen) atoms. The van der Waals surface area contributed by atoms with E-state index in [-0.39, 0.29) is 0 Å². The van der Waals surface area contributed by atoms with Gasteiger partial charge in [-0.05, 0) is 19.5 Å². The highest BCUT2D eigenvalue weighted by Crippen LogP contribution is 2.20. The number of ether oxygens (including phenoxy) is 1. The molecule has 0 fully saturated rings. The van der Waals surface area contributed by atoms with Crippen LogP contribution in [-0.4, -0.2) is 29.8 Å². The molecule has 2 aromatic rings. The number of methoxy groups -OCH3 is 1. The van der Waals surface area contributed by atoms with Gasteiger partial charge in [0.25, 0.3) is 0 Å². The summed E-state index contributed by atoms with van der Waals surface area (Å²) in [5.74, 6) is 0.929. The van der Waals surface area contributed by atoms with Gasteiger partial charge in [0.2, 0.25) is 0 Å². The molecule has 0 atom stereocenters. The molecular weight excluding hydrogens is 250 g/mol. The second-order valence-electron chi connectivity index (χ2n) is 4.96. The van der Waals surface area contributed by atoms with Gasteiger partial charge in [-0.25, -0.2) is 4.98 Å². The second-order valence-corrected chi connectivity index (χ2v) is 4.96. The minimum Gasteiger partial charge on any atom is -0.496 e. The summed E-state index contributed by atoms with van der Waals surface area (Å²) in [6.07, 6.45) is 4.97. The number of nitrogens with one attached hydrogen (secondary N) is 1. The van der Waals surface area contributed by atoms with E-state index in [0.717, 1.165) is 37.5 Å². The summed E-state index contributed by atoms with van der Waals surface area (Å²) in [6, 6.07) is 6.25. The summed E-state index contributed by atoms with van der Waals surface area (Å²) >= 11 is 0. The SMILES string of the molecule is CCNCCc1cn(Cc2cc(C)ccc2OC)cn1. The number of rotatable bonds is 7. The number of hydrogen-bond acceptors (Lipinski definition) is 3. The van der Waals surface area contributed by atoms with Crippen molar-refractivity contribution >= 4 is 0 Å². The van der Waals surface area contributed by atoms with Gasteiger partial charge in [0.1, 0.15) is 5.75 Å². The summed E-state index contributed by atoms with van der Waals surface area (Å²) in [7, 11) is 1.71. The van der Waals surface area contributed by atoms with Gasteiger partial charge >= 0.3 is 0 Å². The van der Waals surface area contributed by atoms with Gasteiger partial charge in [-0.1, -0.05) is 24.6 Å². The van der Waals surface area contributed by atoms with Crippen LogP contribution in [0.15, 0.2) is 30.7 Å².